The molecule has 0 aliphatic heterocycles. The zero-order chi connectivity index (χ0) is 13.8. The van der Waals surface area contributed by atoms with Gasteiger partial charge in [-0.3, -0.25) is 4.68 Å². The van der Waals surface area contributed by atoms with Crippen LogP contribution in [0.25, 0.3) is 0 Å². The Morgan fingerprint density at radius 2 is 2.05 bits per heavy atom. The monoisotopic (exact) mass is 261 g/mol. The summed E-state index contributed by atoms with van der Waals surface area (Å²) in [7, 11) is 1.94. The number of imidazole rings is 1. The largest absolute Gasteiger partial charge is 0.323 e. The second-order valence-corrected chi connectivity index (χ2v) is 4.89. The molecule has 0 unspecified atom stereocenters. The molecule has 5 nitrogen and oxygen atoms in total. The fraction of sp³-hybridized carbons (Fsp3) is 0.571. The third-order valence-electron chi connectivity index (χ3n) is 3.14. The first kappa shape index (κ1) is 13.6. The van der Waals surface area contributed by atoms with E-state index in [1.807, 2.05) is 24.9 Å². The van der Waals surface area contributed by atoms with E-state index in [9.17, 15) is 0 Å². The molecule has 5 heteroatoms. The van der Waals surface area contributed by atoms with Crippen molar-refractivity contribution in [3.05, 3.63) is 23.8 Å². The van der Waals surface area contributed by atoms with Crippen molar-refractivity contribution in [2.45, 2.75) is 46.6 Å². The SMILES string of the molecule is CCCCn1cc(C)nc1Nc1cn(C)nc1CC. The average Bonchev–Trinajstić information content (AvgIpc) is 2.90. The van der Waals surface area contributed by atoms with Gasteiger partial charge in [0, 0.05) is 26.0 Å². The number of nitrogens with one attached hydrogen (secondary N) is 1. The number of rotatable bonds is 6. The summed E-state index contributed by atoms with van der Waals surface area (Å²) < 4.78 is 4.03. The Kier molecular flexibility index (Phi) is 4.24. The van der Waals surface area contributed by atoms with Crippen molar-refractivity contribution in [3.63, 3.8) is 0 Å². The lowest BCUT2D eigenvalue weighted by Gasteiger charge is -2.08. The molecular formula is C14H23N5. The van der Waals surface area contributed by atoms with Crippen LogP contribution in [0.4, 0.5) is 11.6 Å². The van der Waals surface area contributed by atoms with Gasteiger partial charge in [0.25, 0.3) is 0 Å². The molecule has 19 heavy (non-hydrogen) atoms. The molecule has 0 atom stereocenters. The summed E-state index contributed by atoms with van der Waals surface area (Å²) in [6.45, 7) is 7.34. The second-order valence-electron chi connectivity index (χ2n) is 4.89. The van der Waals surface area contributed by atoms with E-state index in [0.717, 1.165) is 42.4 Å². The van der Waals surface area contributed by atoms with Gasteiger partial charge >= 0.3 is 0 Å². The molecular weight excluding hydrogens is 238 g/mol. The Morgan fingerprint density at radius 1 is 1.26 bits per heavy atom. The molecule has 2 heterocycles. The number of hydrogen-bond donors (Lipinski definition) is 1. The molecule has 0 saturated carbocycles. The third kappa shape index (κ3) is 3.16. The maximum atomic E-state index is 4.56. The summed E-state index contributed by atoms with van der Waals surface area (Å²) in [6, 6.07) is 0. The lowest BCUT2D eigenvalue weighted by molar-refractivity contribution is 0.637. The van der Waals surface area contributed by atoms with Crippen molar-refractivity contribution in [2.24, 2.45) is 7.05 Å². The van der Waals surface area contributed by atoms with Crippen LogP contribution in [0.15, 0.2) is 12.4 Å². The summed E-state index contributed by atoms with van der Waals surface area (Å²) >= 11 is 0. The zero-order valence-electron chi connectivity index (χ0n) is 12.3. The van der Waals surface area contributed by atoms with Gasteiger partial charge in [-0.15, -0.1) is 0 Å². The maximum absolute atomic E-state index is 4.56. The highest BCUT2D eigenvalue weighted by Gasteiger charge is 2.10. The Balaban J connectivity index is 2.22. The van der Waals surface area contributed by atoms with E-state index in [-0.39, 0.29) is 0 Å². The lowest BCUT2D eigenvalue weighted by Crippen LogP contribution is -2.04. The molecule has 0 aromatic carbocycles. The standard InChI is InChI=1S/C14H23N5/c1-5-7-8-19-9-11(3)15-14(19)16-13-10-18(4)17-12(13)6-2/h9-10H,5-8H2,1-4H3,(H,15,16). The van der Waals surface area contributed by atoms with Crippen molar-refractivity contribution >= 4 is 11.6 Å². The molecule has 0 bridgehead atoms. The van der Waals surface area contributed by atoms with Gasteiger partial charge in [0.1, 0.15) is 0 Å². The summed E-state index contributed by atoms with van der Waals surface area (Å²) in [5, 5.41) is 7.85. The smallest absolute Gasteiger partial charge is 0.207 e. The van der Waals surface area contributed by atoms with E-state index in [1.54, 1.807) is 0 Å². The first-order valence-corrected chi connectivity index (χ1v) is 6.97. The number of nitrogens with zero attached hydrogens (tertiary/aromatic N) is 4. The van der Waals surface area contributed by atoms with Crippen LogP contribution in [0.2, 0.25) is 0 Å². The zero-order valence-corrected chi connectivity index (χ0v) is 12.3. The number of unbranched alkanes of at least 4 members (excludes halogenated alkanes) is 1. The Labute approximate surface area is 114 Å². The van der Waals surface area contributed by atoms with Gasteiger partial charge in [-0.25, -0.2) is 4.98 Å². The fourth-order valence-electron chi connectivity index (χ4n) is 2.17. The van der Waals surface area contributed by atoms with Crippen molar-refractivity contribution in [1.29, 1.82) is 0 Å². The van der Waals surface area contributed by atoms with Gasteiger partial charge in [-0.1, -0.05) is 20.3 Å². The molecule has 2 rings (SSSR count). The molecule has 0 saturated heterocycles. The van der Waals surface area contributed by atoms with Crippen molar-refractivity contribution in [1.82, 2.24) is 19.3 Å². The molecule has 2 aromatic rings. The lowest BCUT2D eigenvalue weighted by atomic mass is 10.3. The van der Waals surface area contributed by atoms with Crippen molar-refractivity contribution < 1.29 is 0 Å². The molecule has 2 aromatic heterocycles. The first-order chi connectivity index (χ1) is 9.13. The quantitative estimate of drug-likeness (QED) is 0.869. The summed E-state index contributed by atoms with van der Waals surface area (Å²) in [5.41, 5.74) is 3.17. The highest BCUT2D eigenvalue weighted by molar-refractivity contribution is 5.56. The predicted octanol–water partition coefficient (Wildman–Crippen LogP) is 3.03. The van der Waals surface area contributed by atoms with Crippen molar-refractivity contribution in [3.8, 4) is 0 Å². The van der Waals surface area contributed by atoms with E-state index >= 15 is 0 Å². The molecule has 104 valence electrons. The summed E-state index contributed by atoms with van der Waals surface area (Å²) in [5.74, 6) is 0.911. The van der Waals surface area contributed by atoms with E-state index < -0.39 is 0 Å². The van der Waals surface area contributed by atoms with Crippen LogP contribution in [-0.4, -0.2) is 19.3 Å². The van der Waals surface area contributed by atoms with Gasteiger partial charge in [-0.05, 0) is 19.8 Å². The fourth-order valence-corrected chi connectivity index (χ4v) is 2.17. The van der Waals surface area contributed by atoms with Crippen LogP contribution in [0.1, 0.15) is 38.1 Å². The van der Waals surface area contributed by atoms with Gasteiger partial charge < -0.3 is 9.88 Å². The highest BCUT2D eigenvalue weighted by Crippen LogP contribution is 2.20. The van der Waals surface area contributed by atoms with Crippen LogP contribution >= 0.6 is 0 Å². The molecule has 0 aliphatic carbocycles. The second kappa shape index (κ2) is 5.91. The van der Waals surface area contributed by atoms with E-state index in [4.69, 9.17) is 0 Å². The highest BCUT2D eigenvalue weighted by atomic mass is 15.3. The van der Waals surface area contributed by atoms with Crippen LogP contribution in [0.5, 0.6) is 0 Å². The minimum atomic E-state index is 0.911. The minimum Gasteiger partial charge on any atom is -0.323 e. The van der Waals surface area contributed by atoms with Crippen LogP contribution in [0, 0.1) is 6.92 Å². The maximum Gasteiger partial charge on any atom is 0.207 e. The van der Waals surface area contributed by atoms with E-state index in [2.05, 4.69) is 40.0 Å². The molecule has 0 fully saturated rings. The van der Waals surface area contributed by atoms with Gasteiger partial charge in [0.2, 0.25) is 5.95 Å². The molecule has 1 N–H and O–H groups in total. The number of anilines is 2. The van der Waals surface area contributed by atoms with Gasteiger partial charge in [-0.2, -0.15) is 5.10 Å². The minimum absolute atomic E-state index is 0.911. The van der Waals surface area contributed by atoms with Gasteiger partial charge in [0.05, 0.1) is 17.1 Å². The Morgan fingerprint density at radius 3 is 2.74 bits per heavy atom. The molecule has 0 spiro atoms. The van der Waals surface area contributed by atoms with Crippen molar-refractivity contribution in [2.75, 3.05) is 5.32 Å². The molecule has 0 aliphatic rings. The summed E-state index contributed by atoms with van der Waals surface area (Å²) in [4.78, 5) is 4.56. The molecule has 0 amide bonds. The van der Waals surface area contributed by atoms with E-state index in [0.29, 0.717) is 0 Å². The van der Waals surface area contributed by atoms with Crippen LogP contribution < -0.4 is 5.32 Å². The Hall–Kier alpha value is -1.78. The third-order valence-corrected chi connectivity index (χ3v) is 3.14. The number of aromatic nitrogens is 4. The average molecular weight is 261 g/mol. The van der Waals surface area contributed by atoms with E-state index in [1.165, 1.54) is 6.42 Å². The van der Waals surface area contributed by atoms with Crippen LogP contribution in [-0.2, 0) is 20.0 Å². The topological polar surface area (TPSA) is 47.7 Å². The first-order valence-electron chi connectivity index (χ1n) is 6.97. The summed E-state index contributed by atoms with van der Waals surface area (Å²) in [6.07, 6.45) is 7.37. The number of hydrogen-bond acceptors (Lipinski definition) is 3. The normalized spacial score (nSPS) is 10.9. The predicted molar refractivity (Wildman–Crippen MR) is 77.7 cm³/mol. The van der Waals surface area contributed by atoms with Crippen LogP contribution in [0.3, 0.4) is 0 Å². The number of aryl methyl sites for hydroxylation is 4. The van der Waals surface area contributed by atoms with Gasteiger partial charge in [0.15, 0.2) is 0 Å². The molecule has 0 radical (unpaired) electrons. The Bertz CT molecular complexity index is 538.